The van der Waals surface area contributed by atoms with Crippen molar-refractivity contribution in [2.75, 3.05) is 0 Å². The van der Waals surface area contributed by atoms with Gasteiger partial charge in [-0.25, -0.2) is 15.0 Å². The monoisotopic (exact) mass is 743 g/mol. The third-order valence-corrected chi connectivity index (χ3v) is 11.6. The molecule has 3 aromatic heterocycles. The Hall–Kier alpha value is -7.63. The molecule has 0 unspecified atom stereocenters. The predicted molar refractivity (Wildman–Crippen MR) is 236 cm³/mol. The van der Waals surface area contributed by atoms with Gasteiger partial charge in [0.2, 0.25) is 0 Å². The number of nitrogens with zero attached hydrogens (tertiary/aromatic N) is 3. The summed E-state index contributed by atoms with van der Waals surface area (Å²) >= 11 is 0. The lowest BCUT2D eigenvalue weighted by Gasteiger charge is -2.12. The number of fused-ring (bicyclic) bond motifs is 9. The average molecular weight is 744 g/mol. The molecule has 0 atom stereocenters. The summed E-state index contributed by atoms with van der Waals surface area (Å²) in [4.78, 5) is 15.3. The molecule has 5 heteroatoms. The number of rotatable bonds is 5. The first-order valence-corrected chi connectivity index (χ1v) is 19.7. The lowest BCUT2D eigenvalue weighted by Crippen LogP contribution is -2.27. The van der Waals surface area contributed by atoms with Crippen LogP contribution < -0.4 is 10.6 Å². The highest BCUT2D eigenvalue weighted by Crippen LogP contribution is 2.40. The molecule has 0 saturated carbocycles. The molecule has 0 aliphatic heterocycles. The van der Waals surface area contributed by atoms with Gasteiger partial charge in [-0.2, -0.15) is 0 Å². The third-order valence-electron chi connectivity index (χ3n) is 11.6. The Morgan fingerprint density at radius 2 is 1.03 bits per heavy atom. The first-order chi connectivity index (χ1) is 28.7. The quantitative estimate of drug-likeness (QED) is 0.164. The molecule has 0 spiro atoms. The minimum atomic E-state index is 0.631. The van der Waals surface area contributed by atoms with Crippen LogP contribution in [0.1, 0.15) is 18.7 Å². The van der Waals surface area contributed by atoms with Crippen LogP contribution in [0, 0.1) is 0 Å². The highest BCUT2D eigenvalue weighted by molar-refractivity contribution is 6.14. The van der Waals surface area contributed by atoms with Gasteiger partial charge in [0.25, 0.3) is 0 Å². The molecule has 0 fully saturated rings. The van der Waals surface area contributed by atoms with E-state index in [1.165, 1.54) is 27.1 Å². The third kappa shape index (κ3) is 5.28. The van der Waals surface area contributed by atoms with Crippen molar-refractivity contribution >= 4 is 66.1 Å². The molecule has 12 rings (SSSR count). The Bertz CT molecular complexity index is 3560. The summed E-state index contributed by atoms with van der Waals surface area (Å²) < 4.78 is 12.7. The topological polar surface area (TPSA) is 65.0 Å². The van der Waals surface area contributed by atoms with Crippen molar-refractivity contribution in [3.8, 4) is 45.0 Å². The van der Waals surface area contributed by atoms with Gasteiger partial charge in [-0.15, -0.1) is 0 Å². The number of para-hydroxylation sites is 1. The van der Waals surface area contributed by atoms with Crippen molar-refractivity contribution < 1.29 is 8.83 Å². The lowest BCUT2D eigenvalue weighted by atomic mass is 9.95. The summed E-state index contributed by atoms with van der Waals surface area (Å²) in [5, 5.41) is 9.36. The van der Waals surface area contributed by atoms with Crippen LogP contribution in [0.15, 0.2) is 179 Å². The number of hydrogen-bond acceptors (Lipinski definition) is 5. The van der Waals surface area contributed by atoms with Crippen molar-refractivity contribution in [1.82, 2.24) is 15.0 Å². The predicted octanol–water partition coefficient (Wildman–Crippen LogP) is 12.3. The molecule has 0 N–H and O–H groups in total. The second-order valence-corrected chi connectivity index (χ2v) is 15.0. The van der Waals surface area contributed by atoms with Crippen LogP contribution in [0.5, 0.6) is 0 Å². The maximum absolute atomic E-state index is 6.45. The van der Waals surface area contributed by atoms with Crippen LogP contribution in [0.25, 0.3) is 111 Å². The van der Waals surface area contributed by atoms with Crippen LogP contribution in [-0.2, 0) is 0 Å². The van der Waals surface area contributed by atoms with E-state index in [4.69, 9.17) is 23.8 Å². The Morgan fingerprint density at radius 1 is 0.397 bits per heavy atom. The van der Waals surface area contributed by atoms with Gasteiger partial charge < -0.3 is 8.83 Å². The first kappa shape index (κ1) is 32.6. The standard InChI is InChI=1S/C53H33N3O2/c1-2-11-34(12-3-1)51-54-52(56-53(55-51)43-16-9-19-48-50(43)42-14-6-7-17-45(42)57-48)35-23-20-33(21-24-35)41-15-8-18-47-49(41)44-31-37(27-29-46(44)58-47)36-26-28-40-38(30-36)25-22-32-10-4-5-13-39(32)40/h1-8,10-15,17-31H,9,16H2. The number of aromatic nitrogens is 3. The fourth-order valence-corrected chi connectivity index (χ4v) is 8.81. The Balaban J connectivity index is 0.964. The Morgan fingerprint density at radius 3 is 1.91 bits per heavy atom. The van der Waals surface area contributed by atoms with Gasteiger partial charge >= 0.3 is 0 Å². The van der Waals surface area contributed by atoms with Crippen LogP contribution in [-0.4, -0.2) is 15.0 Å². The molecule has 0 bridgehead atoms. The number of hydrogen-bond donors (Lipinski definition) is 0. The van der Waals surface area contributed by atoms with Crippen molar-refractivity contribution in [2.24, 2.45) is 0 Å². The van der Waals surface area contributed by atoms with Gasteiger partial charge in [-0.3, -0.25) is 0 Å². The SMILES string of the molecule is C1=c2oc3ccccc3c2=C(c2nc(-c3ccccc3)nc(-c3ccc(-c4cccc5oc6ccc(-c7ccc8c(ccc9ccccc98)c7)cc6c45)cc3)n2)CC1. The molecule has 8 aromatic carbocycles. The van der Waals surface area contributed by atoms with Crippen LogP contribution in [0.2, 0.25) is 0 Å². The van der Waals surface area contributed by atoms with Gasteiger partial charge in [-0.1, -0.05) is 140 Å². The van der Waals surface area contributed by atoms with Gasteiger partial charge in [0.05, 0.1) is 0 Å². The summed E-state index contributed by atoms with van der Waals surface area (Å²) in [6, 6.07) is 59.5. The Labute approximate surface area is 332 Å². The second kappa shape index (κ2) is 13.0. The van der Waals surface area contributed by atoms with Crippen molar-refractivity contribution in [3.05, 3.63) is 186 Å². The Kier molecular flexibility index (Phi) is 7.29. The zero-order valence-electron chi connectivity index (χ0n) is 31.3. The van der Waals surface area contributed by atoms with Crippen LogP contribution in [0.3, 0.4) is 0 Å². The first-order valence-electron chi connectivity index (χ1n) is 19.7. The fraction of sp³-hybridized carbons (Fsp3) is 0.0377. The minimum Gasteiger partial charge on any atom is -0.456 e. The van der Waals surface area contributed by atoms with E-state index in [-0.39, 0.29) is 0 Å². The summed E-state index contributed by atoms with van der Waals surface area (Å²) in [7, 11) is 0. The van der Waals surface area contributed by atoms with Crippen LogP contribution in [0.4, 0.5) is 0 Å². The van der Waals surface area contributed by atoms with Gasteiger partial charge in [-0.05, 0) is 93.0 Å². The van der Waals surface area contributed by atoms with Gasteiger partial charge in [0.1, 0.15) is 22.2 Å². The molecule has 272 valence electrons. The molecular formula is C53H33N3O2. The van der Waals surface area contributed by atoms with E-state index >= 15 is 0 Å². The number of benzene rings is 8. The van der Waals surface area contributed by atoms with E-state index in [0.29, 0.717) is 17.5 Å². The molecular weight excluding hydrogens is 711 g/mol. The molecule has 5 nitrogen and oxygen atoms in total. The van der Waals surface area contributed by atoms with E-state index in [1.54, 1.807) is 0 Å². The molecule has 0 amide bonds. The fourth-order valence-electron chi connectivity index (χ4n) is 8.81. The zero-order valence-corrected chi connectivity index (χ0v) is 31.3. The maximum Gasteiger partial charge on any atom is 0.164 e. The summed E-state index contributed by atoms with van der Waals surface area (Å²) in [6.45, 7) is 0. The average Bonchev–Trinajstić information content (AvgIpc) is 3.87. The smallest absolute Gasteiger partial charge is 0.164 e. The highest BCUT2D eigenvalue weighted by Gasteiger charge is 2.20. The zero-order chi connectivity index (χ0) is 38.2. The highest BCUT2D eigenvalue weighted by atomic mass is 16.3. The van der Waals surface area contributed by atoms with E-state index in [0.717, 1.165) is 89.8 Å². The molecule has 1 aliphatic carbocycles. The van der Waals surface area contributed by atoms with E-state index in [2.05, 4.69) is 133 Å². The molecule has 1 aliphatic rings. The largest absolute Gasteiger partial charge is 0.456 e. The molecule has 0 saturated heterocycles. The minimum absolute atomic E-state index is 0.631. The summed E-state index contributed by atoms with van der Waals surface area (Å²) in [6.07, 6.45) is 3.84. The van der Waals surface area contributed by atoms with Crippen LogP contribution >= 0.6 is 0 Å². The molecule has 11 aromatic rings. The lowest BCUT2D eigenvalue weighted by molar-refractivity contribution is 0.571. The van der Waals surface area contributed by atoms with Crippen molar-refractivity contribution in [2.45, 2.75) is 12.8 Å². The molecule has 58 heavy (non-hydrogen) atoms. The van der Waals surface area contributed by atoms with E-state index in [1.807, 2.05) is 42.5 Å². The van der Waals surface area contributed by atoms with Gasteiger partial charge in [0, 0.05) is 38.1 Å². The van der Waals surface area contributed by atoms with Crippen molar-refractivity contribution in [1.29, 1.82) is 0 Å². The second-order valence-electron chi connectivity index (χ2n) is 15.0. The summed E-state index contributed by atoms with van der Waals surface area (Å²) in [5.74, 6) is 1.96. The van der Waals surface area contributed by atoms with E-state index in [9.17, 15) is 0 Å². The maximum atomic E-state index is 6.45. The van der Waals surface area contributed by atoms with Gasteiger partial charge in [0.15, 0.2) is 17.5 Å². The molecule has 0 radical (unpaired) electrons. The molecule has 3 heterocycles. The number of furan rings is 2. The van der Waals surface area contributed by atoms with E-state index < -0.39 is 0 Å². The normalized spacial score (nSPS) is 12.8. The van der Waals surface area contributed by atoms with Crippen molar-refractivity contribution in [3.63, 3.8) is 0 Å². The summed E-state index contributed by atoms with van der Waals surface area (Å²) in [5.41, 5.74) is 10.9.